The van der Waals surface area contributed by atoms with E-state index in [1.165, 1.54) is 27.8 Å². The summed E-state index contributed by atoms with van der Waals surface area (Å²) in [5.74, 6) is 0.617. The van der Waals surface area contributed by atoms with Gasteiger partial charge in [-0.05, 0) is 54.8 Å². The van der Waals surface area contributed by atoms with Gasteiger partial charge >= 0.3 is 5.97 Å². The lowest BCUT2D eigenvalue weighted by Gasteiger charge is -2.08. The number of rotatable bonds is 6. The third-order valence-corrected chi connectivity index (χ3v) is 5.34. The van der Waals surface area contributed by atoms with Gasteiger partial charge in [0.05, 0.1) is 25.0 Å². The van der Waals surface area contributed by atoms with Crippen molar-refractivity contribution in [2.24, 2.45) is 0 Å². The van der Waals surface area contributed by atoms with Crippen LogP contribution in [0.1, 0.15) is 47.0 Å². The number of ketones is 1. The Labute approximate surface area is 139 Å². The second-order valence-electron chi connectivity index (χ2n) is 5.64. The first-order valence-electron chi connectivity index (χ1n) is 7.95. The van der Waals surface area contributed by atoms with Crippen LogP contribution < -0.4 is 4.74 Å². The number of hydrogen-bond donors (Lipinski definition) is 0. The molecule has 0 N–H and O–H groups in total. The van der Waals surface area contributed by atoms with Gasteiger partial charge in [0.1, 0.15) is 5.75 Å². The lowest BCUT2D eigenvalue weighted by Crippen LogP contribution is -2.07. The average molecular weight is 332 g/mol. The maximum atomic E-state index is 12.3. The topological polar surface area (TPSA) is 52.6 Å². The van der Waals surface area contributed by atoms with E-state index in [2.05, 4.69) is 0 Å². The molecule has 0 aliphatic heterocycles. The van der Waals surface area contributed by atoms with E-state index < -0.39 is 0 Å². The predicted octanol–water partition coefficient (Wildman–Crippen LogP) is 3.92. The van der Waals surface area contributed by atoms with Crippen LogP contribution in [-0.2, 0) is 22.4 Å². The Bertz CT molecular complexity index is 760. The standard InChI is InChI=1S/C18H20O4S/c1-3-22-18(20)8-7-14(19)17-9-13-11-5-4-6-12(11)15(21-2)10-16(13)23-17/h9-10H,3-8H2,1-2H3. The van der Waals surface area contributed by atoms with Crippen LogP contribution in [0.3, 0.4) is 0 Å². The van der Waals surface area contributed by atoms with Crippen molar-refractivity contribution >= 4 is 33.2 Å². The van der Waals surface area contributed by atoms with Crippen molar-refractivity contribution in [2.45, 2.75) is 39.0 Å². The van der Waals surface area contributed by atoms with E-state index in [0.29, 0.717) is 11.5 Å². The van der Waals surface area contributed by atoms with Crippen molar-refractivity contribution in [3.63, 3.8) is 0 Å². The van der Waals surface area contributed by atoms with Gasteiger partial charge in [-0.3, -0.25) is 9.59 Å². The largest absolute Gasteiger partial charge is 0.496 e. The van der Waals surface area contributed by atoms with Gasteiger partial charge in [0.15, 0.2) is 5.78 Å². The van der Waals surface area contributed by atoms with E-state index in [1.807, 2.05) is 12.1 Å². The summed E-state index contributed by atoms with van der Waals surface area (Å²) in [5, 5.41) is 1.17. The van der Waals surface area contributed by atoms with Crippen molar-refractivity contribution < 1.29 is 19.1 Å². The minimum atomic E-state index is -0.315. The lowest BCUT2D eigenvalue weighted by molar-refractivity contribution is -0.143. The fourth-order valence-electron chi connectivity index (χ4n) is 3.16. The molecule has 0 saturated heterocycles. The SMILES string of the molecule is CCOC(=O)CCC(=O)c1cc2c3c(c(OC)cc2s1)CCC3. The van der Waals surface area contributed by atoms with E-state index in [1.54, 1.807) is 14.0 Å². The van der Waals surface area contributed by atoms with Gasteiger partial charge < -0.3 is 9.47 Å². The fraction of sp³-hybridized carbons (Fsp3) is 0.444. The van der Waals surface area contributed by atoms with Gasteiger partial charge in [-0.15, -0.1) is 11.3 Å². The molecule has 1 aromatic carbocycles. The van der Waals surface area contributed by atoms with E-state index in [0.717, 1.165) is 29.7 Å². The lowest BCUT2D eigenvalue weighted by atomic mass is 10.0. The van der Waals surface area contributed by atoms with E-state index >= 15 is 0 Å². The van der Waals surface area contributed by atoms with Crippen molar-refractivity contribution in [1.82, 2.24) is 0 Å². The second kappa shape index (κ2) is 6.71. The Kier molecular flexibility index (Phi) is 4.66. The molecule has 0 radical (unpaired) electrons. The van der Waals surface area contributed by atoms with E-state index in [4.69, 9.17) is 9.47 Å². The number of fused-ring (bicyclic) bond motifs is 3. The maximum Gasteiger partial charge on any atom is 0.306 e. The molecule has 1 aliphatic carbocycles. The van der Waals surface area contributed by atoms with Crippen molar-refractivity contribution in [3.05, 3.63) is 28.1 Å². The first kappa shape index (κ1) is 16.0. The van der Waals surface area contributed by atoms with Crippen molar-refractivity contribution in [3.8, 4) is 5.75 Å². The Balaban J connectivity index is 1.86. The van der Waals surface area contributed by atoms with Crippen molar-refractivity contribution in [1.29, 1.82) is 0 Å². The summed E-state index contributed by atoms with van der Waals surface area (Å²) in [4.78, 5) is 24.5. The number of Topliss-reactive ketones (excluding diaryl/α,β-unsaturated/α-hetero) is 1. The molecule has 0 atom stereocenters. The maximum absolute atomic E-state index is 12.3. The highest BCUT2D eigenvalue weighted by molar-refractivity contribution is 7.20. The van der Waals surface area contributed by atoms with Crippen LogP contribution in [0.15, 0.2) is 12.1 Å². The van der Waals surface area contributed by atoms with Crippen LogP contribution in [0.25, 0.3) is 10.1 Å². The van der Waals surface area contributed by atoms with Gasteiger partial charge in [-0.2, -0.15) is 0 Å². The molecule has 0 fully saturated rings. The van der Waals surface area contributed by atoms with Gasteiger partial charge in [-0.25, -0.2) is 0 Å². The molecule has 5 heteroatoms. The number of carbonyl (C=O) groups is 2. The number of hydrogen-bond acceptors (Lipinski definition) is 5. The fourth-order valence-corrected chi connectivity index (χ4v) is 4.25. The summed E-state index contributed by atoms with van der Waals surface area (Å²) in [7, 11) is 1.69. The molecule has 0 amide bonds. The molecule has 2 aromatic rings. The van der Waals surface area contributed by atoms with Crippen LogP contribution in [-0.4, -0.2) is 25.5 Å². The van der Waals surface area contributed by atoms with Gasteiger partial charge in [0.25, 0.3) is 0 Å². The van der Waals surface area contributed by atoms with Crippen LogP contribution >= 0.6 is 11.3 Å². The zero-order valence-electron chi connectivity index (χ0n) is 13.4. The molecule has 1 aliphatic rings. The Hall–Kier alpha value is -1.88. The van der Waals surface area contributed by atoms with Gasteiger partial charge in [0.2, 0.25) is 0 Å². The second-order valence-corrected chi connectivity index (χ2v) is 6.72. The highest BCUT2D eigenvalue weighted by Crippen LogP contribution is 2.40. The monoisotopic (exact) mass is 332 g/mol. The van der Waals surface area contributed by atoms with Crippen molar-refractivity contribution in [2.75, 3.05) is 13.7 Å². The smallest absolute Gasteiger partial charge is 0.306 e. The number of benzene rings is 1. The molecule has 0 spiro atoms. The molecule has 23 heavy (non-hydrogen) atoms. The molecule has 1 aromatic heterocycles. The predicted molar refractivity (Wildman–Crippen MR) is 90.6 cm³/mol. The van der Waals surface area contributed by atoms with Gasteiger partial charge in [0, 0.05) is 11.1 Å². The molecule has 3 rings (SSSR count). The summed E-state index contributed by atoms with van der Waals surface area (Å²) >= 11 is 1.48. The average Bonchev–Trinajstić information content (AvgIpc) is 3.17. The molecule has 0 saturated carbocycles. The Morgan fingerprint density at radius 3 is 2.70 bits per heavy atom. The molecule has 4 nitrogen and oxygen atoms in total. The minimum Gasteiger partial charge on any atom is -0.496 e. The zero-order valence-corrected chi connectivity index (χ0v) is 14.3. The summed E-state index contributed by atoms with van der Waals surface area (Å²) in [6, 6.07) is 4.02. The van der Waals surface area contributed by atoms with E-state index in [9.17, 15) is 9.59 Å². The summed E-state index contributed by atoms with van der Waals surface area (Å²) in [6.07, 6.45) is 3.55. The van der Waals surface area contributed by atoms with Crippen LogP contribution in [0.4, 0.5) is 0 Å². The number of esters is 1. The normalized spacial score (nSPS) is 13.1. The first-order chi connectivity index (χ1) is 11.1. The molecule has 122 valence electrons. The summed E-state index contributed by atoms with van der Waals surface area (Å²) < 4.78 is 11.5. The molecule has 0 unspecified atom stereocenters. The highest BCUT2D eigenvalue weighted by atomic mass is 32.1. The Morgan fingerprint density at radius 1 is 1.17 bits per heavy atom. The molecule has 1 heterocycles. The van der Waals surface area contributed by atoms with Crippen LogP contribution in [0, 0.1) is 0 Å². The quantitative estimate of drug-likeness (QED) is 0.594. The van der Waals surface area contributed by atoms with Crippen LogP contribution in [0.5, 0.6) is 5.75 Å². The van der Waals surface area contributed by atoms with Crippen LogP contribution in [0.2, 0.25) is 0 Å². The summed E-state index contributed by atoms with van der Waals surface area (Å²) in [5.41, 5.74) is 2.60. The summed E-state index contributed by atoms with van der Waals surface area (Å²) in [6.45, 7) is 2.11. The van der Waals surface area contributed by atoms with Gasteiger partial charge in [-0.1, -0.05) is 0 Å². The number of aryl methyl sites for hydroxylation is 1. The third-order valence-electron chi connectivity index (χ3n) is 4.22. The highest BCUT2D eigenvalue weighted by Gasteiger charge is 2.22. The number of thiophene rings is 1. The number of ether oxygens (including phenoxy) is 2. The Morgan fingerprint density at radius 2 is 1.96 bits per heavy atom. The zero-order chi connectivity index (χ0) is 16.4. The molecular formula is C18H20O4S. The minimum absolute atomic E-state index is 0.00460. The molecule has 0 bridgehead atoms. The third kappa shape index (κ3) is 3.11. The molecular weight excluding hydrogens is 312 g/mol. The van der Waals surface area contributed by atoms with E-state index in [-0.39, 0.29) is 24.6 Å². The first-order valence-corrected chi connectivity index (χ1v) is 8.76. The number of methoxy groups -OCH3 is 1. The number of carbonyl (C=O) groups excluding carboxylic acids is 2.